The van der Waals surface area contributed by atoms with E-state index in [1.54, 1.807) is 0 Å². The summed E-state index contributed by atoms with van der Waals surface area (Å²) < 4.78 is 0. The molecule has 88 valence electrons. The van der Waals surface area contributed by atoms with Gasteiger partial charge in [0.15, 0.2) is 0 Å². The van der Waals surface area contributed by atoms with Gasteiger partial charge >= 0.3 is 0 Å². The lowest BCUT2D eigenvalue weighted by Crippen LogP contribution is -2.34. The summed E-state index contributed by atoms with van der Waals surface area (Å²) in [6, 6.07) is 1.24. The Morgan fingerprint density at radius 3 is 2.60 bits per heavy atom. The molecule has 1 saturated carbocycles. The maximum Gasteiger partial charge on any atom is 0.0229 e. The van der Waals surface area contributed by atoms with E-state index in [1.165, 1.54) is 45.3 Å². The van der Waals surface area contributed by atoms with E-state index in [0.29, 0.717) is 6.04 Å². The van der Waals surface area contributed by atoms with Gasteiger partial charge < -0.3 is 15.5 Å². The normalized spacial score (nSPS) is 30.0. The van der Waals surface area contributed by atoms with Gasteiger partial charge in [0, 0.05) is 18.6 Å². The largest absolute Gasteiger partial charge is 0.327 e. The Balaban J connectivity index is 1.63. The van der Waals surface area contributed by atoms with Crippen LogP contribution in [0.4, 0.5) is 0 Å². The summed E-state index contributed by atoms with van der Waals surface area (Å²) in [5.41, 5.74) is 6.11. The third-order valence-corrected chi connectivity index (χ3v) is 3.98. The van der Waals surface area contributed by atoms with Crippen LogP contribution in [0.15, 0.2) is 0 Å². The highest BCUT2D eigenvalue weighted by atomic mass is 15.2. The Kier molecular flexibility index (Phi) is 3.65. The SMILES string of the molecule is CN(C)C1CCN(CCC(N)C2CC2)C1. The lowest BCUT2D eigenvalue weighted by molar-refractivity contribution is 0.261. The second-order valence-corrected chi connectivity index (χ2v) is 5.50. The quantitative estimate of drug-likeness (QED) is 0.728. The number of likely N-dealkylation sites (tertiary alicyclic amines) is 1. The molecule has 2 rings (SSSR count). The van der Waals surface area contributed by atoms with Crippen molar-refractivity contribution in [3.8, 4) is 0 Å². The molecule has 2 N–H and O–H groups in total. The molecule has 0 bridgehead atoms. The van der Waals surface area contributed by atoms with Crippen LogP contribution in [0.25, 0.3) is 0 Å². The fourth-order valence-corrected chi connectivity index (χ4v) is 2.53. The van der Waals surface area contributed by atoms with Crippen molar-refractivity contribution in [3.05, 3.63) is 0 Å². The smallest absolute Gasteiger partial charge is 0.0229 e. The van der Waals surface area contributed by atoms with Crippen molar-refractivity contribution >= 4 is 0 Å². The van der Waals surface area contributed by atoms with E-state index < -0.39 is 0 Å². The van der Waals surface area contributed by atoms with Gasteiger partial charge in [0.25, 0.3) is 0 Å². The van der Waals surface area contributed by atoms with Gasteiger partial charge in [-0.2, -0.15) is 0 Å². The molecular formula is C12H25N3. The van der Waals surface area contributed by atoms with Crippen molar-refractivity contribution < 1.29 is 0 Å². The molecule has 2 fully saturated rings. The van der Waals surface area contributed by atoms with Gasteiger partial charge in [-0.05, 0) is 58.8 Å². The van der Waals surface area contributed by atoms with E-state index in [1.807, 2.05) is 0 Å². The molecule has 1 saturated heterocycles. The Labute approximate surface area is 93.6 Å². The molecule has 2 unspecified atom stereocenters. The molecule has 0 spiro atoms. The Bertz CT molecular complexity index is 201. The molecule has 15 heavy (non-hydrogen) atoms. The van der Waals surface area contributed by atoms with Crippen LogP contribution in [0.5, 0.6) is 0 Å². The lowest BCUT2D eigenvalue weighted by atomic mass is 10.1. The van der Waals surface area contributed by atoms with E-state index in [0.717, 1.165) is 12.0 Å². The summed E-state index contributed by atoms with van der Waals surface area (Å²) in [7, 11) is 4.37. The van der Waals surface area contributed by atoms with Gasteiger partial charge in [-0.1, -0.05) is 0 Å². The Hall–Kier alpha value is -0.120. The summed E-state index contributed by atoms with van der Waals surface area (Å²) >= 11 is 0. The molecule has 0 aromatic rings. The Morgan fingerprint density at radius 1 is 1.33 bits per heavy atom. The van der Waals surface area contributed by atoms with E-state index >= 15 is 0 Å². The molecule has 0 amide bonds. The van der Waals surface area contributed by atoms with E-state index in [4.69, 9.17) is 5.73 Å². The van der Waals surface area contributed by atoms with Gasteiger partial charge in [-0.25, -0.2) is 0 Å². The molecular weight excluding hydrogens is 186 g/mol. The first kappa shape index (κ1) is 11.4. The van der Waals surface area contributed by atoms with Crippen molar-refractivity contribution in [2.75, 3.05) is 33.7 Å². The molecule has 1 aliphatic heterocycles. The summed E-state index contributed by atoms with van der Waals surface area (Å²) in [6.07, 6.45) is 5.28. The number of hydrogen-bond acceptors (Lipinski definition) is 3. The average molecular weight is 211 g/mol. The number of hydrogen-bond donors (Lipinski definition) is 1. The predicted octanol–water partition coefficient (Wildman–Crippen LogP) is 0.750. The molecule has 1 aliphatic carbocycles. The predicted molar refractivity (Wildman–Crippen MR) is 63.8 cm³/mol. The zero-order valence-corrected chi connectivity index (χ0v) is 10.2. The third kappa shape index (κ3) is 3.16. The summed E-state index contributed by atoms with van der Waals surface area (Å²) in [5, 5.41) is 0. The highest BCUT2D eigenvalue weighted by molar-refractivity contribution is 4.86. The van der Waals surface area contributed by atoms with E-state index in [2.05, 4.69) is 23.9 Å². The number of rotatable bonds is 5. The lowest BCUT2D eigenvalue weighted by Gasteiger charge is -2.21. The van der Waals surface area contributed by atoms with Crippen LogP contribution in [0.1, 0.15) is 25.7 Å². The topological polar surface area (TPSA) is 32.5 Å². The van der Waals surface area contributed by atoms with Gasteiger partial charge in [-0.15, -0.1) is 0 Å². The molecule has 0 radical (unpaired) electrons. The average Bonchev–Trinajstić information content (AvgIpc) is 2.93. The first-order valence-corrected chi connectivity index (χ1v) is 6.31. The number of nitrogens with zero attached hydrogens (tertiary/aromatic N) is 2. The monoisotopic (exact) mass is 211 g/mol. The van der Waals surface area contributed by atoms with Crippen molar-refractivity contribution in [2.45, 2.75) is 37.8 Å². The molecule has 0 aromatic heterocycles. The molecule has 3 nitrogen and oxygen atoms in total. The summed E-state index contributed by atoms with van der Waals surface area (Å²) in [5.74, 6) is 0.859. The standard InChI is InChI=1S/C12H25N3/c1-14(2)11-5-7-15(9-11)8-6-12(13)10-3-4-10/h10-12H,3-9,13H2,1-2H3. The van der Waals surface area contributed by atoms with Crippen LogP contribution < -0.4 is 5.73 Å². The van der Waals surface area contributed by atoms with Crippen LogP contribution >= 0.6 is 0 Å². The van der Waals surface area contributed by atoms with Crippen LogP contribution in [0.3, 0.4) is 0 Å². The fourth-order valence-electron chi connectivity index (χ4n) is 2.53. The summed E-state index contributed by atoms with van der Waals surface area (Å²) in [4.78, 5) is 4.92. The highest BCUT2D eigenvalue weighted by Crippen LogP contribution is 2.32. The zero-order valence-electron chi connectivity index (χ0n) is 10.2. The van der Waals surface area contributed by atoms with Gasteiger partial charge in [-0.3, -0.25) is 0 Å². The maximum absolute atomic E-state index is 6.11. The van der Waals surface area contributed by atoms with Crippen molar-refractivity contribution in [2.24, 2.45) is 11.7 Å². The zero-order chi connectivity index (χ0) is 10.8. The highest BCUT2D eigenvalue weighted by Gasteiger charge is 2.29. The van der Waals surface area contributed by atoms with Crippen molar-refractivity contribution in [3.63, 3.8) is 0 Å². The maximum atomic E-state index is 6.11. The minimum absolute atomic E-state index is 0.475. The molecule has 3 heteroatoms. The van der Waals surface area contributed by atoms with Crippen molar-refractivity contribution in [1.29, 1.82) is 0 Å². The minimum Gasteiger partial charge on any atom is -0.327 e. The van der Waals surface area contributed by atoms with Gasteiger partial charge in [0.05, 0.1) is 0 Å². The van der Waals surface area contributed by atoms with Crippen LogP contribution in [-0.4, -0.2) is 55.6 Å². The second kappa shape index (κ2) is 4.81. The molecule has 0 aromatic carbocycles. The van der Waals surface area contributed by atoms with Crippen LogP contribution in [-0.2, 0) is 0 Å². The second-order valence-electron chi connectivity index (χ2n) is 5.50. The first-order chi connectivity index (χ1) is 7.16. The number of likely N-dealkylation sites (N-methyl/N-ethyl adjacent to an activating group) is 1. The van der Waals surface area contributed by atoms with Gasteiger partial charge in [0.1, 0.15) is 0 Å². The van der Waals surface area contributed by atoms with Crippen molar-refractivity contribution in [1.82, 2.24) is 9.80 Å². The Morgan fingerprint density at radius 2 is 2.07 bits per heavy atom. The van der Waals surface area contributed by atoms with E-state index in [9.17, 15) is 0 Å². The fraction of sp³-hybridized carbons (Fsp3) is 1.00. The van der Waals surface area contributed by atoms with Crippen LogP contribution in [0, 0.1) is 5.92 Å². The molecule has 1 heterocycles. The van der Waals surface area contributed by atoms with E-state index in [-0.39, 0.29) is 0 Å². The molecule has 2 atom stereocenters. The van der Waals surface area contributed by atoms with Crippen LogP contribution in [0.2, 0.25) is 0 Å². The number of nitrogens with two attached hydrogens (primary N) is 1. The van der Waals surface area contributed by atoms with Gasteiger partial charge in [0.2, 0.25) is 0 Å². The minimum atomic E-state index is 0.475. The molecule has 2 aliphatic rings. The third-order valence-electron chi connectivity index (χ3n) is 3.98. The summed E-state index contributed by atoms with van der Waals surface area (Å²) in [6.45, 7) is 3.71. The first-order valence-electron chi connectivity index (χ1n) is 6.31.